The molecule has 1 saturated carbocycles. The number of amides is 1. The van der Waals surface area contributed by atoms with Crippen molar-refractivity contribution in [1.29, 1.82) is 0 Å². The molecular weight excluding hydrogens is 590 g/mol. The molecule has 252 valence electrons. The predicted molar refractivity (Wildman–Crippen MR) is 168 cm³/mol. The van der Waals surface area contributed by atoms with Gasteiger partial charge in [-0.05, 0) is 92.2 Å². The highest BCUT2D eigenvalue weighted by molar-refractivity contribution is 6.26. The summed E-state index contributed by atoms with van der Waals surface area (Å²) in [7, 11) is 0. The van der Waals surface area contributed by atoms with Gasteiger partial charge in [0.15, 0.2) is 12.0 Å². The van der Waals surface area contributed by atoms with Gasteiger partial charge in [-0.25, -0.2) is 0 Å². The van der Waals surface area contributed by atoms with Gasteiger partial charge in [-0.15, -0.1) is 0 Å². The number of carbonyl (C=O) groups is 2. The standard InChI is InChI=1S/C36H49NO9/c1-16-8-9-36(46-33(16)22-12-23(38)14-24(39)13-22)19(4)10-18(3)27(45-36)15-25-17(2)11-21-6-7-26(40)20(5)28(21)29(25)31(41)30-32(42)35(44)37-34(30)43/h11-14,16,18-21,25-29,33,35,38-41,44H,6-10,15H2,1-5H3,(H,37,43)/b31-30+/t16-,18-,19-,20-,21-,25+,26+,27+,28-,29-,33-,35?,36+/m0/s1. The van der Waals surface area contributed by atoms with Gasteiger partial charge < -0.3 is 40.3 Å². The van der Waals surface area contributed by atoms with E-state index in [4.69, 9.17) is 9.47 Å². The topological polar surface area (TPSA) is 166 Å². The Hall–Kier alpha value is -2.92. The van der Waals surface area contributed by atoms with Gasteiger partial charge in [0.1, 0.15) is 22.8 Å². The number of allylic oxidation sites excluding steroid dienone is 3. The molecule has 1 amide bonds. The third-order valence-electron chi connectivity index (χ3n) is 12.0. The van der Waals surface area contributed by atoms with E-state index in [-0.39, 0.29) is 64.8 Å². The van der Waals surface area contributed by atoms with E-state index in [0.717, 1.165) is 24.8 Å². The number of benzene rings is 1. The van der Waals surface area contributed by atoms with E-state index in [1.54, 1.807) is 12.1 Å². The van der Waals surface area contributed by atoms with Crippen molar-refractivity contribution in [3.8, 4) is 11.5 Å². The fraction of sp³-hybridized carbons (Fsp3) is 0.667. The van der Waals surface area contributed by atoms with Gasteiger partial charge in [0.05, 0.1) is 18.3 Å². The maximum absolute atomic E-state index is 12.9. The first kappa shape index (κ1) is 33.0. The molecule has 3 aliphatic heterocycles. The number of hydrogen-bond acceptors (Lipinski definition) is 9. The number of ketones is 1. The molecule has 5 aliphatic rings. The van der Waals surface area contributed by atoms with E-state index in [2.05, 4.69) is 32.2 Å². The van der Waals surface area contributed by atoms with Crippen LogP contribution < -0.4 is 5.32 Å². The number of hydrogen-bond donors (Lipinski definition) is 6. The summed E-state index contributed by atoms with van der Waals surface area (Å²) >= 11 is 0. The van der Waals surface area contributed by atoms with Gasteiger partial charge in [0, 0.05) is 24.3 Å². The summed E-state index contributed by atoms with van der Waals surface area (Å²) in [5.41, 5.74) is 1.34. The minimum absolute atomic E-state index is 0.0311. The summed E-state index contributed by atoms with van der Waals surface area (Å²) in [6, 6.07) is 4.54. The van der Waals surface area contributed by atoms with Crippen LogP contribution in [0.2, 0.25) is 0 Å². The zero-order valence-corrected chi connectivity index (χ0v) is 27.3. The molecule has 0 bridgehead atoms. The predicted octanol–water partition coefficient (Wildman–Crippen LogP) is 4.78. The minimum atomic E-state index is -1.69. The van der Waals surface area contributed by atoms with Crippen molar-refractivity contribution in [2.45, 2.75) is 103 Å². The number of rotatable bonds is 4. The van der Waals surface area contributed by atoms with Crippen molar-refractivity contribution in [3.63, 3.8) is 0 Å². The molecule has 1 spiro atoms. The smallest absolute Gasteiger partial charge is 0.260 e. The number of ether oxygens (including phenoxy) is 2. The second-order valence-corrected chi connectivity index (χ2v) is 14.9. The van der Waals surface area contributed by atoms with Crippen LogP contribution in [0.4, 0.5) is 0 Å². The number of aliphatic hydroxyl groups is 3. The van der Waals surface area contributed by atoms with Crippen molar-refractivity contribution < 1.29 is 44.6 Å². The molecule has 6 rings (SSSR count). The summed E-state index contributed by atoms with van der Waals surface area (Å²) in [6.45, 7) is 10.4. The zero-order valence-electron chi connectivity index (χ0n) is 27.3. The first-order valence-electron chi connectivity index (χ1n) is 16.9. The third kappa shape index (κ3) is 5.65. The molecule has 10 nitrogen and oxygen atoms in total. The van der Waals surface area contributed by atoms with E-state index in [1.165, 1.54) is 6.07 Å². The minimum Gasteiger partial charge on any atom is -0.511 e. The molecular formula is C36H49NO9. The summed E-state index contributed by atoms with van der Waals surface area (Å²) in [5, 5.41) is 55.5. The van der Waals surface area contributed by atoms with Crippen LogP contribution in [0, 0.1) is 47.3 Å². The lowest BCUT2D eigenvalue weighted by molar-refractivity contribution is -0.356. The van der Waals surface area contributed by atoms with Crippen molar-refractivity contribution in [3.05, 3.63) is 46.7 Å². The Morgan fingerprint density at radius 3 is 2.33 bits per heavy atom. The van der Waals surface area contributed by atoms with Crippen molar-refractivity contribution >= 4 is 11.7 Å². The highest BCUT2D eigenvalue weighted by Crippen LogP contribution is 2.55. The van der Waals surface area contributed by atoms with E-state index in [0.29, 0.717) is 24.8 Å². The van der Waals surface area contributed by atoms with Gasteiger partial charge in [0.2, 0.25) is 5.78 Å². The first-order chi connectivity index (χ1) is 21.7. The third-order valence-corrected chi connectivity index (χ3v) is 12.0. The summed E-state index contributed by atoms with van der Waals surface area (Å²) in [6.07, 6.45) is 3.50. The average molecular weight is 640 g/mol. The van der Waals surface area contributed by atoms with E-state index >= 15 is 0 Å². The molecule has 46 heavy (non-hydrogen) atoms. The van der Waals surface area contributed by atoms with Gasteiger partial charge in [-0.2, -0.15) is 0 Å². The summed E-state index contributed by atoms with van der Waals surface area (Å²) < 4.78 is 13.9. The highest BCUT2D eigenvalue weighted by atomic mass is 16.7. The monoisotopic (exact) mass is 639 g/mol. The quantitative estimate of drug-likeness (QED) is 0.118. The summed E-state index contributed by atoms with van der Waals surface area (Å²) in [5.74, 6) is -3.85. The molecule has 1 aromatic rings. The second-order valence-electron chi connectivity index (χ2n) is 14.9. The fourth-order valence-electron chi connectivity index (χ4n) is 9.40. The van der Waals surface area contributed by atoms with Gasteiger partial charge in [-0.3, -0.25) is 9.59 Å². The highest BCUT2D eigenvalue weighted by Gasteiger charge is 2.54. The average Bonchev–Trinajstić information content (AvgIpc) is 3.24. The van der Waals surface area contributed by atoms with Crippen LogP contribution in [0.15, 0.2) is 41.2 Å². The Bertz CT molecular complexity index is 1420. The second kappa shape index (κ2) is 12.3. The number of nitrogens with one attached hydrogen (secondary N) is 1. The van der Waals surface area contributed by atoms with Gasteiger partial charge in [-0.1, -0.05) is 39.3 Å². The van der Waals surface area contributed by atoms with Crippen LogP contribution in [0.3, 0.4) is 0 Å². The van der Waals surface area contributed by atoms with Crippen molar-refractivity contribution in [2.24, 2.45) is 47.3 Å². The van der Waals surface area contributed by atoms with Crippen LogP contribution in [0.5, 0.6) is 11.5 Å². The molecule has 6 N–H and O–H groups in total. The van der Waals surface area contributed by atoms with Gasteiger partial charge >= 0.3 is 0 Å². The number of phenols is 2. The van der Waals surface area contributed by atoms with E-state index in [1.807, 2.05) is 13.8 Å². The molecule has 1 unspecified atom stereocenters. The van der Waals surface area contributed by atoms with E-state index < -0.39 is 47.4 Å². The lowest BCUT2D eigenvalue weighted by atomic mass is 9.56. The Morgan fingerprint density at radius 1 is 0.978 bits per heavy atom. The van der Waals surface area contributed by atoms with Crippen molar-refractivity contribution in [1.82, 2.24) is 5.32 Å². The zero-order chi connectivity index (χ0) is 33.2. The molecule has 0 aromatic heterocycles. The maximum atomic E-state index is 12.9. The Balaban J connectivity index is 1.35. The Labute approximate surface area is 270 Å². The van der Waals surface area contributed by atoms with E-state index in [9.17, 15) is 35.1 Å². The number of carbonyl (C=O) groups excluding carboxylic acids is 2. The number of Topliss-reactive ketones (excluding diaryl/α,β-unsaturated/α-hetero) is 1. The molecule has 0 radical (unpaired) electrons. The maximum Gasteiger partial charge on any atom is 0.260 e. The van der Waals surface area contributed by atoms with Crippen LogP contribution in [-0.4, -0.2) is 61.4 Å². The molecule has 1 aromatic carbocycles. The van der Waals surface area contributed by atoms with Crippen LogP contribution in [0.25, 0.3) is 0 Å². The SMILES string of the molecule is CC1=C[C@@H]2CC[C@@H](O)[C@H](C)[C@@H]2[C@@H](/C(O)=C2\C(=O)NC(O)C2=O)[C@@H]1C[C@H]1O[C@@]2(CC[C@H](C)[C@@H](c3cc(O)cc(O)c3)O2)[C@@H](C)C[C@@H]1C. The summed E-state index contributed by atoms with van der Waals surface area (Å²) in [4.78, 5) is 25.7. The molecule has 10 heteroatoms. The number of phenolic OH excluding ortho intramolecular Hbond substituents is 2. The molecule has 13 atom stereocenters. The lowest BCUT2D eigenvalue weighted by Crippen LogP contribution is -2.55. The molecule has 3 saturated heterocycles. The first-order valence-corrected chi connectivity index (χ1v) is 16.9. The van der Waals surface area contributed by atoms with Crippen LogP contribution in [-0.2, 0) is 19.1 Å². The molecule has 4 fully saturated rings. The number of aromatic hydroxyl groups is 2. The Kier molecular flexibility index (Phi) is 8.80. The lowest BCUT2D eigenvalue weighted by Gasteiger charge is -2.54. The Morgan fingerprint density at radius 2 is 1.67 bits per heavy atom. The normalized spacial score (nSPS) is 44.0. The van der Waals surface area contributed by atoms with Crippen LogP contribution in [0.1, 0.15) is 84.8 Å². The number of aliphatic hydroxyl groups excluding tert-OH is 3. The number of fused-ring (bicyclic) bond motifs is 1. The molecule has 3 heterocycles. The van der Waals surface area contributed by atoms with Gasteiger partial charge in [0.25, 0.3) is 5.91 Å². The molecule has 2 aliphatic carbocycles. The fourth-order valence-corrected chi connectivity index (χ4v) is 9.40. The van der Waals surface area contributed by atoms with Crippen LogP contribution >= 0.6 is 0 Å². The largest absolute Gasteiger partial charge is 0.511 e. The van der Waals surface area contributed by atoms with Crippen molar-refractivity contribution in [2.75, 3.05) is 0 Å².